The SMILES string of the molecule is COC(=O)c1ccc(C(=O)Nc2c(C)cccc2C)s1. The van der Waals surface area contributed by atoms with Crippen molar-refractivity contribution >= 4 is 28.9 Å². The molecule has 0 fully saturated rings. The van der Waals surface area contributed by atoms with Gasteiger partial charge in [0, 0.05) is 5.69 Å². The minimum absolute atomic E-state index is 0.220. The first-order valence-electron chi connectivity index (χ1n) is 6.08. The van der Waals surface area contributed by atoms with Gasteiger partial charge in [0.2, 0.25) is 0 Å². The Labute approximate surface area is 121 Å². The Morgan fingerprint density at radius 3 is 2.25 bits per heavy atom. The van der Waals surface area contributed by atoms with Gasteiger partial charge in [-0.25, -0.2) is 4.79 Å². The van der Waals surface area contributed by atoms with Crippen LogP contribution in [-0.4, -0.2) is 19.0 Å². The lowest BCUT2D eigenvalue weighted by molar-refractivity contribution is 0.0606. The summed E-state index contributed by atoms with van der Waals surface area (Å²) >= 11 is 1.12. The third-order valence-electron chi connectivity index (χ3n) is 2.94. The standard InChI is InChI=1S/C15H15NO3S/c1-9-5-4-6-10(2)13(9)16-14(17)11-7-8-12(20-11)15(18)19-3/h4-8H,1-3H3,(H,16,17). The van der Waals surface area contributed by atoms with E-state index in [0.29, 0.717) is 9.75 Å². The average molecular weight is 289 g/mol. The van der Waals surface area contributed by atoms with Crippen molar-refractivity contribution in [3.8, 4) is 0 Å². The number of methoxy groups -OCH3 is 1. The van der Waals surface area contributed by atoms with E-state index in [4.69, 9.17) is 0 Å². The maximum absolute atomic E-state index is 12.2. The lowest BCUT2D eigenvalue weighted by Gasteiger charge is -2.10. The van der Waals surface area contributed by atoms with Crippen LogP contribution >= 0.6 is 11.3 Å². The van der Waals surface area contributed by atoms with Crippen LogP contribution in [0.4, 0.5) is 5.69 Å². The molecule has 2 aromatic rings. The summed E-state index contributed by atoms with van der Waals surface area (Å²) < 4.78 is 4.63. The zero-order valence-electron chi connectivity index (χ0n) is 11.5. The van der Waals surface area contributed by atoms with Gasteiger partial charge in [-0.15, -0.1) is 11.3 Å². The Balaban J connectivity index is 2.20. The van der Waals surface area contributed by atoms with Crippen LogP contribution in [0.2, 0.25) is 0 Å². The summed E-state index contributed by atoms with van der Waals surface area (Å²) in [6, 6.07) is 9.05. The summed E-state index contributed by atoms with van der Waals surface area (Å²) in [5.41, 5.74) is 2.82. The van der Waals surface area contributed by atoms with Gasteiger partial charge in [0.15, 0.2) is 0 Å². The van der Waals surface area contributed by atoms with Crippen LogP contribution in [0.25, 0.3) is 0 Å². The monoisotopic (exact) mass is 289 g/mol. The first kappa shape index (κ1) is 14.3. The molecule has 0 atom stereocenters. The topological polar surface area (TPSA) is 55.4 Å². The van der Waals surface area contributed by atoms with Gasteiger partial charge in [-0.2, -0.15) is 0 Å². The van der Waals surface area contributed by atoms with E-state index in [1.165, 1.54) is 7.11 Å². The van der Waals surface area contributed by atoms with Crippen LogP contribution in [0.15, 0.2) is 30.3 Å². The molecule has 0 spiro atoms. The molecule has 0 unspecified atom stereocenters. The molecule has 1 N–H and O–H groups in total. The van der Waals surface area contributed by atoms with Gasteiger partial charge in [-0.3, -0.25) is 4.79 Å². The van der Waals surface area contributed by atoms with E-state index in [9.17, 15) is 9.59 Å². The number of amides is 1. The number of nitrogens with one attached hydrogen (secondary N) is 1. The average Bonchev–Trinajstić information content (AvgIpc) is 2.92. The highest BCUT2D eigenvalue weighted by atomic mass is 32.1. The van der Waals surface area contributed by atoms with Gasteiger partial charge in [-0.05, 0) is 37.1 Å². The molecule has 2 rings (SSSR count). The lowest BCUT2D eigenvalue weighted by atomic mass is 10.1. The molecule has 0 aliphatic carbocycles. The number of carbonyl (C=O) groups is 2. The minimum atomic E-state index is -0.430. The Morgan fingerprint density at radius 1 is 1.05 bits per heavy atom. The molecule has 0 saturated heterocycles. The summed E-state index contributed by atoms with van der Waals surface area (Å²) in [6.07, 6.45) is 0. The molecule has 0 radical (unpaired) electrons. The fourth-order valence-corrected chi connectivity index (χ4v) is 2.68. The maximum Gasteiger partial charge on any atom is 0.348 e. The number of hydrogen-bond acceptors (Lipinski definition) is 4. The molecule has 1 amide bonds. The van der Waals surface area contributed by atoms with Gasteiger partial charge >= 0.3 is 5.97 Å². The van der Waals surface area contributed by atoms with Crippen molar-refractivity contribution < 1.29 is 14.3 Å². The number of para-hydroxylation sites is 1. The Morgan fingerprint density at radius 2 is 1.65 bits per heavy atom. The second-order valence-electron chi connectivity index (χ2n) is 4.38. The van der Waals surface area contributed by atoms with E-state index in [0.717, 1.165) is 28.2 Å². The molecular formula is C15H15NO3S. The van der Waals surface area contributed by atoms with Crippen molar-refractivity contribution in [2.75, 3.05) is 12.4 Å². The predicted molar refractivity (Wildman–Crippen MR) is 79.5 cm³/mol. The number of ether oxygens (including phenoxy) is 1. The lowest BCUT2D eigenvalue weighted by Crippen LogP contribution is -2.12. The number of thiophene rings is 1. The molecule has 5 heteroatoms. The van der Waals surface area contributed by atoms with Crippen LogP contribution in [0.3, 0.4) is 0 Å². The molecule has 1 aromatic carbocycles. The highest BCUT2D eigenvalue weighted by molar-refractivity contribution is 7.16. The summed E-state index contributed by atoms with van der Waals surface area (Å²) in [5, 5.41) is 2.88. The summed E-state index contributed by atoms with van der Waals surface area (Å²) in [7, 11) is 1.32. The quantitative estimate of drug-likeness (QED) is 0.881. The fraction of sp³-hybridized carbons (Fsp3) is 0.200. The minimum Gasteiger partial charge on any atom is -0.465 e. The van der Waals surface area contributed by atoms with Crippen molar-refractivity contribution in [2.24, 2.45) is 0 Å². The normalized spacial score (nSPS) is 10.2. The highest BCUT2D eigenvalue weighted by Crippen LogP contribution is 2.23. The largest absolute Gasteiger partial charge is 0.465 e. The van der Waals surface area contributed by atoms with Crippen LogP contribution in [0.5, 0.6) is 0 Å². The first-order valence-corrected chi connectivity index (χ1v) is 6.90. The van der Waals surface area contributed by atoms with Crippen LogP contribution in [0, 0.1) is 13.8 Å². The molecule has 1 heterocycles. The van der Waals surface area contributed by atoms with E-state index in [2.05, 4.69) is 10.1 Å². The van der Waals surface area contributed by atoms with Crippen molar-refractivity contribution in [3.05, 3.63) is 51.2 Å². The summed E-state index contributed by atoms with van der Waals surface area (Å²) in [6.45, 7) is 3.88. The number of hydrogen-bond donors (Lipinski definition) is 1. The Hall–Kier alpha value is -2.14. The molecule has 0 aliphatic heterocycles. The molecule has 20 heavy (non-hydrogen) atoms. The molecule has 0 saturated carbocycles. The molecule has 0 aliphatic rings. The first-order chi connectivity index (χ1) is 9.52. The number of anilines is 1. The molecule has 1 aromatic heterocycles. The van der Waals surface area contributed by atoms with Gasteiger partial charge in [-0.1, -0.05) is 18.2 Å². The summed E-state index contributed by atoms with van der Waals surface area (Å²) in [5.74, 6) is -0.649. The molecule has 104 valence electrons. The second-order valence-corrected chi connectivity index (χ2v) is 5.46. The van der Waals surface area contributed by atoms with Gasteiger partial charge < -0.3 is 10.1 Å². The van der Waals surface area contributed by atoms with Gasteiger partial charge in [0.25, 0.3) is 5.91 Å². The van der Waals surface area contributed by atoms with E-state index in [1.807, 2.05) is 32.0 Å². The molecular weight excluding hydrogens is 274 g/mol. The molecule has 0 bridgehead atoms. The third kappa shape index (κ3) is 2.88. The maximum atomic E-state index is 12.2. The van der Waals surface area contributed by atoms with Crippen molar-refractivity contribution in [1.29, 1.82) is 0 Å². The van der Waals surface area contributed by atoms with Crippen molar-refractivity contribution in [1.82, 2.24) is 0 Å². The van der Waals surface area contributed by atoms with Crippen LogP contribution in [0.1, 0.15) is 30.5 Å². The Bertz CT molecular complexity index is 641. The van der Waals surface area contributed by atoms with E-state index in [-0.39, 0.29) is 5.91 Å². The number of esters is 1. The van der Waals surface area contributed by atoms with Gasteiger partial charge in [0.1, 0.15) is 4.88 Å². The zero-order chi connectivity index (χ0) is 14.7. The number of benzene rings is 1. The number of carbonyl (C=O) groups excluding carboxylic acids is 2. The smallest absolute Gasteiger partial charge is 0.348 e. The van der Waals surface area contributed by atoms with Crippen LogP contribution in [-0.2, 0) is 4.74 Å². The second kappa shape index (κ2) is 5.88. The third-order valence-corrected chi connectivity index (χ3v) is 4.00. The number of aryl methyl sites for hydroxylation is 2. The number of rotatable bonds is 3. The van der Waals surface area contributed by atoms with Gasteiger partial charge in [0.05, 0.1) is 12.0 Å². The highest BCUT2D eigenvalue weighted by Gasteiger charge is 2.15. The predicted octanol–water partition coefficient (Wildman–Crippen LogP) is 3.40. The fourth-order valence-electron chi connectivity index (χ4n) is 1.86. The van der Waals surface area contributed by atoms with E-state index < -0.39 is 5.97 Å². The molecule has 4 nitrogen and oxygen atoms in total. The van der Waals surface area contributed by atoms with E-state index >= 15 is 0 Å². The van der Waals surface area contributed by atoms with Crippen molar-refractivity contribution in [3.63, 3.8) is 0 Å². The summed E-state index contributed by atoms with van der Waals surface area (Å²) in [4.78, 5) is 24.5. The van der Waals surface area contributed by atoms with Crippen molar-refractivity contribution in [2.45, 2.75) is 13.8 Å². The van der Waals surface area contributed by atoms with Crippen LogP contribution < -0.4 is 5.32 Å². The Kier molecular flexibility index (Phi) is 4.20. The zero-order valence-corrected chi connectivity index (χ0v) is 12.3. The van der Waals surface area contributed by atoms with E-state index in [1.54, 1.807) is 12.1 Å².